The number of morpholine rings is 1. The smallest absolute Gasteiger partial charge is 0.255 e. The summed E-state index contributed by atoms with van der Waals surface area (Å²) in [6.45, 7) is 5.28. The largest absolute Gasteiger partial charge is 0.486 e. The second kappa shape index (κ2) is 7.76. The molecule has 2 heterocycles. The van der Waals surface area contributed by atoms with Crippen molar-refractivity contribution in [3.05, 3.63) is 53.6 Å². The van der Waals surface area contributed by atoms with Crippen LogP contribution in [0, 0.1) is 0 Å². The Morgan fingerprint density at radius 2 is 1.77 bits per heavy atom. The van der Waals surface area contributed by atoms with Gasteiger partial charge in [-0.25, -0.2) is 0 Å². The van der Waals surface area contributed by atoms with Gasteiger partial charge in [0.05, 0.1) is 13.2 Å². The Morgan fingerprint density at radius 3 is 2.62 bits per heavy atom. The lowest BCUT2D eigenvalue weighted by molar-refractivity contribution is 0.0342. The van der Waals surface area contributed by atoms with Gasteiger partial charge in [-0.15, -0.1) is 0 Å². The van der Waals surface area contributed by atoms with Crippen LogP contribution in [0.2, 0.25) is 0 Å². The lowest BCUT2D eigenvalue weighted by Gasteiger charge is -2.26. The topological polar surface area (TPSA) is 60.0 Å². The highest BCUT2D eigenvalue weighted by Crippen LogP contribution is 2.32. The first-order valence-electron chi connectivity index (χ1n) is 8.88. The van der Waals surface area contributed by atoms with Gasteiger partial charge in [0.25, 0.3) is 5.91 Å². The number of hydrogen-bond donors (Lipinski definition) is 1. The van der Waals surface area contributed by atoms with E-state index < -0.39 is 0 Å². The van der Waals surface area contributed by atoms with Crippen LogP contribution in [-0.2, 0) is 11.3 Å². The van der Waals surface area contributed by atoms with Crippen LogP contribution in [0.4, 0.5) is 5.69 Å². The lowest BCUT2D eigenvalue weighted by atomic mass is 10.1. The fourth-order valence-electron chi connectivity index (χ4n) is 3.15. The molecule has 2 aliphatic rings. The first-order valence-corrected chi connectivity index (χ1v) is 8.88. The van der Waals surface area contributed by atoms with Gasteiger partial charge in [0.1, 0.15) is 13.2 Å². The summed E-state index contributed by atoms with van der Waals surface area (Å²) in [6.07, 6.45) is 0. The molecule has 0 spiro atoms. The summed E-state index contributed by atoms with van der Waals surface area (Å²) in [4.78, 5) is 14.9. The number of benzene rings is 2. The van der Waals surface area contributed by atoms with E-state index in [4.69, 9.17) is 14.2 Å². The monoisotopic (exact) mass is 354 g/mol. The summed E-state index contributed by atoms with van der Waals surface area (Å²) in [6, 6.07) is 13.2. The zero-order valence-electron chi connectivity index (χ0n) is 14.6. The van der Waals surface area contributed by atoms with Crippen LogP contribution in [0.5, 0.6) is 11.5 Å². The minimum atomic E-state index is -0.134. The van der Waals surface area contributed by atoms with Gasteiger partial charge in [-0.2, -0.15) is 0 Å². The Hall–Kier alpha value is -2.57. The second-order valence-electron chi connectivity index (χ2n) is 6.40. The first kappa shape index (κ1) is 16.9. The number of amides is 1. The van der Waals surface area contributed by atoms with Gasteiger partial charge >= 0.3 is 0 Å². The average Bonchev–Trinajstić information content (AvgIpc) is 2.69. The van der Waals surface area contributed by atoms with Crippen molar-refractivity contribution in [3.63, 3.8) is 0 Å². The van der Waals surface area contributed by atoms with Gasteiger partial charge < -0.3 is 19.5 Å². The van der Waals surface area contributed by atoms with Crippen molar-refractivity contribution >= 4 is 11.6 Å². The summed E-state index contributed by atoms with van der Waals surface area (Å²) in [5.74, 6) is 1.24. The Morgan fingerprint density at radius 1 is 0.962 bits per heavy atom. The molecule has 2 aromatic rings. The van der Waals surface area contributed by atoms with E-state index in [1.807, 2.05) is 30.3 Å². The van der Waals surface area contributed by atoms with E-state index >= 15 is 0 Å². The molecule has 1 fully saturated rings. The molecule has 6 nitrogen and oxygen atoms in total. The van der Waals surface area contributed by atoms with E-state index in [1.165, 1.54) is 0 Å². The number of fused-ring (bicyclic) bond motifs is 1. The molecule has 1 saturated heterocycles. The maximum absolute atomic E-state index is 12.6. The molecule has 0 aliphatic carbocycles. The van der Waals surface area contributed by atoms with E-state index in [-0.39, 0.29) is 5.91 Å². The van der Waals surface area contributed by atoms with Crippen LogP contribution >= 0.6 is 0 Å². The molecule has 0 bridgehead atoms. The fourth-order valence-corrected chi connectivity index (χ4v) is 3.15. The lowest BCUT2D eigenvalue weighted by Crippen LogP contribution is -2.35. The van der Waals surface area contributed by atoms with Crippen LogP contribution < -0.4 is 14.8 Å². The summed E-state index contributed by atoms with van der Waals surface area (Å²) >= 11 is 0. The zero-order valence-corrected chi connectivity index (χ0v) is 14.6. The third-order valence-electron chi connectivity index (χ3n) is 4.50. The standard InChI is InChI=1S/C20H22N2O4/c23-20(21-17-4-5-18-19(13-17)26-11-10-25-18)16-3-1-2-15(12-16)14-22-6-8-24-9-7-22/h1-5,12-13H,6-11,14H2,(H,21,23). The first-order chi connectivity index (χ1) is 12.8. The normalized spacial score (nSPS) is 16.9. The fraction of sp³-hybridized carbons (Fsp3) is 0.350. The Kier molecular flexibility index (Phi) is 5.04. The molecule has 136 valence electrons. The van der Waals surface area contributed by atoms with Crippen molar-refractivity contribution in [2.75, 3.05) is 44.8 Å². The van der Waals surface area contributed by atoms with Crippen molar-refractivity contribution in [2.45, 2.75) is 6.54 Å². The maximum Gasteiger partial charge on any atom is 0.255 e. The van der Waals surface area contributed by atoms with Crippen molar-refractivity contribution in [1.82, 2.24) is 4.90 Å². The Balaban J connectivity index is 1.43. The molecule has 2 aromatic carbocycles. The van der Waals surface area contributed by atoms with Crippen LogP contribution in [0.15, 0.2) is 42.5 Å². The second-order valence-corrected chi connectivity index (χ2v) is 6.40. The Bertz CT molecular complexity index is 787. The molecule has 0 aromatic heterocycles. The molecule has 1 N–H and O–H groups in total. The summed E-state index contributed by atoms with van der Waals surface area (Å²) in [5.41, 5.74) is 2.46. The highest BCUT2D eigenvalue weighted by molar-refractivity contribution is 6.04. The van der Waals surface area contributed by atoms with Gasteiger partial charge in [0, 0.05) is 37.0 Å². The predicted molar refractivity (Wildman–Crippen MR) is 97.9 cm³/mol. The summed E-state index contributed by atoms with van der Waals surface area (Å²) in [7, 11) is 0. The van der Waals surface area contributed by atoms with E-state index in [1.54, 1.807) is 6.07 Å². The quantitative estimate of drug-likeness (QED) is 0.914. The van der Waals surface area contributed by atoms with Crippen molar-refractivity contribution in [3.8, 4) is 11.5 Å². The van der Waals surface area contributed by atoms with E-state index in [0.717, 1.165) is 38.4 Å². The van der Waals surface area contributed by atoms with Gasteiger partial charge in [-0.3, -0.25) is 9.69 Å². The van der Waals surface area contributed by atoms with E-state index in [0.29, 0.717) is 36.0 Å². The molecule has 4 rings (SSSR count). The zero-order chi connectivity index (χ0) is 17.8. The van der Waals surface area contributed by atoms with Crippen LogP contribution in [0.25, 0.3) is 0 Å². The molecule has 0 saturated carbocycles. The number of nitrogens with one attached hydrogen (secondary N) is 1. The summed E-state index contributed by atoms with van der Waals surface area (Å²) < 4.78 is 16.4. The molecule has 2 aliphatic heterocycles. The minimum absolute atomic E-state index is 0.134. The SMILES string of the molecule is O=C(Nc1ccc2c(c1)OCCO2)c1cccc(CN2CCOCC2)c1. The molecular weight excluding hydrogens is 332 g/mol. The number of hydrogen-bond acceptors (Lipinski definition) is 5. The van der Waals surface area contributed by atoms with Gasteiger partial charge in [0.2, 0.25) is 0 Å². The highest BCUT2D eigenvalue weighted by Gasteiger charge is 2.15. The number of carbonyl (C=O) groups excluding carboxylic acids is 1. The van der Waals surface area contributed by atoms with Crippen molar-refractivity contribution < 1.29 is 19.0 Å². The third kappa shape index (κ3) is 3.98. The number of rotatable bonds is 4. The number of anilines is 1. The van der Waals surface area contributed by atoms with Crippen LogP contribution in [0.1, 0.15) is 15.9 Å². The number of nitrogens with zero attached hydrogens (tertiary/aromatic N) is 1. The van der Waals surface area contributed by atoms with Crippen LogP contribution in [0.3, 0.4) is 0 Å². The number of carbonyl (C=O) groups is 1. The van der Waals surface area contributed by atoms with Gasteiger partial charge in [-0.05, 0) is 29.8 Å². The molecule has 1 amide bonds. The van der Waals surface area contributed by atoms with Gasteiger partial charge in [0.15, 0.2) is 11.5 Å². The Labute approximate surface area is 152 Å². The van der Waals surface area contributed by atoms with E-state index in [2.05, 4.69) is 16.3 Å². The van der Waals surface area contributed by atoms with E-state index in [9.17, 15) is 4.79 Å². The number of ether oxygens (including phenoxy) is 3. The maximum atomic E-state index is 12.6. The van der Waals surface area contributed by atoms with Gasteiger partial charge in [-0.1, -0.05) is 12.1 Å². The average molecular weight is 354 g/mol. The predicted octanol–water partition coefficient (Wildman–Crippen LogP) is 2.54. The molecular formula is C20H22N2O4. The van der Waals surface area contributed by atoms with Crippen LogP contribution in [-0.4, -0.2) is 50.3 Å². The molecule has 0 atom stereocenters. The molecule has 6 heteroatoms. The highest BCUT2D eigenvalue weighted by atomic mass is 16.6. The minimum Gasteiger partial charge on any atom is -0.486 e. The third-order valence-corrected chi connectivity index (χ3v) is 4.50. The molecule has 0 unspecified atom stereocenters. The molecule has 0 radical (unpaired) electrons. The van der Waals surface area contributed by atoms with Crippen molar-refractivity contribution in [1.29, 1.82) is 0 Å². The van der Waals surface area contributed by atoms with Crippen molar-refractivity contribution in [2.24, 2.45) is 0 Å². The molecule has 26 heavy (non-hydrogen) atoms. The summed E-state index contributed by atoms with van der Waals surface area (Å²) in [5, 5.41) is 2.93.